The standard InChI is InChI=1S/C53H92N2O5/c1-3-5-7-9-11-13-15-17-18-19-20-21-22-23-24-26-28-30-32-37-41-47-52(57)60-49(43-38-34-31-29-27-25-16-14-12-10-8-6-4-2)44-39-35-33-36-40-46-51(56)55-50(53(58)59)45-42-48-54/h5,7,11,13,17-18,20-21,23-24,29,31,49-50H,3-4,6,8-10,12,14-16,19,22,25-28,30,32-48,54H2,1-2H3,(H,55,56)(H,58,59)/b7-5-,13-11-,18-17-,21-20-,24-23-,31-29-. The smallest absolute Gasteiger partial charge is 0.326 e. The van der Waals surface area contributed by atoms with E-state index in [4.69, 9.17) is 10.5 Å². The number of esters is 1. The molecule has 344 valence electrons. The third-order valence-corrected chi connectivity index (χ3v) is 10.8. The van der Waals surface area contributed by atoms with Crippen molar-refractivity contribution in [2.24, 2.45) is 5.73 Å². The monoisotopic (exact) mass is 837 g/mol. The minimum absolute atomic E-state index is 0.0330. The van der Waals surface area contributed by atoms with Crippen LogP contribution < -0.4 is 11.1 Å². The highest BCUT2D eigenvalue weighted by Gasteiger charge is 2.19. The maximum absolute atomic E-state index is 12.9. The molecule has 0 heterocycles. The predicted molar refractivity (Wildman–Crippen MR) is 257 cm³/mol. The molecule has 0 aromatic carbocycles. The number of hydrogen-bond donors (Lipinski definition) is 3. The first-order chi connectivity index (χ1) is 29.4. The van der Waals surface area contributed by atoms with Crippen LogP contribution in [0, 0.1) is 0 Å². The third kappa shape index (κ3) is 42.9. The van der Waals surface area contributed by atoms with E-state index < -0.39 is 12.0 Å². The summed E-state index contributed by atoms with van der Waals surface area (Å²) in [6, 6.07) is -0.864. The van der Waals surface area contributed by atoms with Crippen LogP contribution in [0.15, 0.2) is 72.9 Å². The fourth-order valence-corrected chi connectivity index (χ4v) is 7.07. The van der Waals surface area contributed by atoms with E-state index in [0.717, 1.165) is 122 Å². The molecule has 7 heteroatoms. The van der Waals surface area contributed by atoms with Crippen LogP contribution >= 0.6 is 0 Å². The van der Waals surface area contributed by atoms with E-state index in [1.165, 1.54) is 64.2 Å². The fourth-order valence-electron chi connectivity index (χ4n) is 7.07. The lowest BCUT2D eigenvalue weighted by molar-refractivity contribution is -0.150. The number of amides is 1. The zero-order valence-corrected chi connectivity index (χ0v) is 38.8. The quantitative estimate of drug-likeness (QED) is 0.0319. The van der Waals surface area contributed by atoms with Crippen LogP contribution in [-0.2, 0) is 19.1 Å². The summed E-state index contributed by atoms with van der Waals surface area (Å²) in [5.41, 5.74) is 5.50. The lowest BCUT2D eigenvalue weighted by atomic mass is 10.0. The summed E-state index contributed by atoms with van der Waals surface area (Å²) in [4.78, 5) is 36.5. The molecule has 1 amide bonds. The van der Waals surface area contributed by atoms with Crippen molar-refractivity contribution in [3.05, 3.63) is 72.9 Å². The molecule has 0 bridgehead atoms. The molecule has 0 aliphatic rings. The van der Waals surface area contributed by atoms with E-state index in [9.17, 15) is 19.5 Å². The topological polar surface area (TPSA) is 119 Å². The number of carboxylic acid groups (broad SMARTS) is 1. The molecule has 0 aromatic heterocycles. The van der Waals surface area contributed by atoms with Gasteiger partial charge in [-0.15, -0.1) is 0 Å². The highest BCUT2D eigenvalue weighted by atomic mass is 16.5. The number of carbonyl (C=O) groups is 3. The molecule has 0 saturated carbocycles. The van der Waals surface area contributed by atoms with Crippen molar-refractivity contribution in [1.29, 1.82) is 0 Å². The number of nitrogens with one attached hydrogen (secondary N) is 1. The van der Waals surface area contributed by atoms with Gasteiger partial charge in [-0.1, -0.05) is 170 Å². The van der Waals surface area contributed by atoms with Crippen LogP contribution in [0.25, 0.3) is 0 Å². The van der Waals surface area contributed by atoms with E-state index in [1.807, 2.05) is 0 Å². The van der Waals surface area contributed by atoms with Gasteiger partial charge in [-0.2, -0.15) is 0 Å². The van der Waals surface area contributed by atoms with Gasteiger partial charge in [-0.05, 0) is 122 Å². The fraction of sp³-hybridized carbons (Fsp3) is 0.717. The van der Waals surface area contributed by atoms with Crippen LogP contribution in [0.2, 0.25) is 0 Å². The summed E-state index contributed by atoms with van der Waals surface area (Å²) >= 11 is 0. The first-order valence-corrected chi connectivity index (χ1v) is 24.8. The first-order valence-electron chi connectivity index (χ1n) is 24.8. The molecular weight excluding hydrogens is 745 g/mol. The van der Waals surface area contributed by atoms with Gasteiger partial charge in [-0.3, -0.25) is 9.59 Å². The minimum atomic E-state index is -1.01. The Kier molecular flexibility index (Phi) is 44.4. The largest absolute Gasteiger partial charge is 0.480 e. The number of aliphatic carboxylic acids is 1. The molecule has 0 fully saturated rings. The summed E-state index contributed by atoms with van der Waals surface area (Å²) in [6.45, 7) is 4.83. The van der Waals surface area contributed by atoms with Crippen LogP contribution in [0.5, 0.6) is 0 Å². The zero-order valence-electron chi connectivity index (χ0n) is 38.8. The second-order valence-electron chi connectivity index (χ2n) is 16.5. The van der Waals surface area contributed by atoms with Crippen molar-refractivity contribution in [3.8, 4) is 0 Å². The molecule has 0 aliphatic carbocycles. The normalized spacial score (nSPS) is 13.2. The molecular formula is C53H92N2O5. The Hall–Kier alpha value is -3.19. The van der Waals surface area contributed by atoms with Crippen LogP contribution in [0.4, 0.5) is 0 Å². The Bertz CT molecular complexity index is 1170. The first kappa shape index (κ1) is 56.8. The van der Waals surface area contributed by atoms with Gasteiger partial charge in [0.25, 0.3) is 0 Å². The number of unbranched alkanes of at least 4 members (excludes halogenated alkanes) is 18. The molecule has 2 unspecified atom stereocenters. The van der Waals surface area contributed by atoms with Crippen LogP contribution in [-0.4, -0.2) is 41.6 Å². The van der Waals surface area contributed by atoms with E-state index >= 15 is 0 Å². The minimum Gasteiger partial charge on any atom is -0.480 e. The average Bonchev–Trinajstić information content (AvgIpc) is 3.23. The number of carbonyl (C=O) groups excluding carboxylic acids is 2. The van der Waals surface area contributed by atoms with Crippen LogP contribution in [0.3, 0.4) is 0 Å². The molecule has 4 N–H and O–H groups in total. The van der Waals surface area contributed by atoms with Gasteiger partial charge < -0.3 is 20.9 Å². The van der Waals surface area contributed by atoms with E-state index in [0.29, 0.717) is 32.2 Å². The number of hydrogen-bond acceptors (Lipinski definition) is 5. The van der Waals surface area contributed by atoms with Crippen molar-refractivity contribution in [2.45, 2.75) is 238 Å². The number of allylic oxidation sites excluding steroid dienone is 12. The van der Waals surface area contributed by atoms with Gasteiger partial charge in [0, 0.05) is 12.8 Å². The predicted octanol–water partition coefficient (Wildman–Crippen LogP) is 14.7. The lowest BCUT2D eigenvalue weighted by Gasteiger charge is -2.18. The van der Waals surface area contributed by atoms with E-state index in [-0.39, 0.29) is 18.0 Å². The number of rotatable bonds is 44. The Morgan fingerprint density at radius 3 is 1.47 bits per heavy atom. The molecule has 7 nitrogen and oxygen atoms in total. The Morgan fingerprint density at radius 2 is 0.933 bits per heavy atom. The molecule has 0 spiro atoms. The Morgan fingerprint density at radius 1 is 0.500 bits per heavy atom. The zero-order chi connectivity index (χ0) is 43.8. The molecule has 2 atom stereocenters. The summed E-state index contributed by atoms with van der Waals surface area (Å²) in [7, 11) is 0. The van der Waals surface area contributed by atoms with E-state index in [1.54, 1.807) is 0 Å². The molecule has 0 aliphatic heterocycles. The third-order valence-electron chi connectivity index (χ3n) is 10.8. The van der Waals surface area contributed by atoms with Crippen LogP contribution in [0.1, 0.15) is 226 Å². The SMILES string of the molecule is CC/C=C\C/C=C\C/C=C\C/C=C\C/C=C\CCCCCCCC(=O)OC(CCC/C=C\CCCCCCCCCC)CCCCCCCC(=O)NC(CCCN)C(=O)O. The second-order valence-corrected chi connectivity index (χ2v) is 16.5. The highest BCUT2D eigenvalue weighted by molar-refractivity contribution is 5.83. The van der Waals surface area contributed by atoms with Crippen molar-refractivity contribution < 1.29 is 24.2 Å². The molecule has 0 saturated heterocycles. The maximum atomic E-state index is 12.9. The lowest BCUT2D eigenvalue weighted by Crippen LogP contribution is -2.40. The number of ether oxygens (including phenoxy) is 1. The van der Waals surface area contributed by atoms with Gasteiger partial charge in [0.1, 0.15) is 12.1 Å². The molecule has 0 aromatic rings. The maximum Gasteiger partial charge on any atom is 0.326 e. The van der Waals surface area contributed by atoms with Gasteiger partial charge in [0.05, 0.1) is 0 Å². The highest BCUT2D eigenvalue weighted by Crippen LogP contribution is 2.18. The van der Waals surface area contributed by atoms with Gasteiger partial charge >= 0.3 is 11.9 Å². The molecule has 0 radical (unpaired) electrons. The van der Waals surface area contributed by atoms with Crippen molar-refractivity contribution in [3.63, 3.8) is 0 Å². The number of carboxylic acids is 1. The van der Waals surface area contributed by atoms with Crippen molar-refractivity contribution >= 4 is 17.8 Å². The Balaban J connectivity index is 4.36. The number of nitrogens with two attached hydrogens (primary N) is 1. The van der Waals surface area contributed by atoms with Crippen molar-refractivity contribution in [1.82, 2.24) is 5.32 Å². The summed E-state index contributed by atoms with van der Waals surface area (Å²) in [5.74, 6) is -1.27. The average molecular weight is 837 g/mol. The van der Waals surface area contributed by atoms with Gasteiger partial charge in [0.15, 0.2) is 0 Å². The summed E-state index contributed by atoms with van der Waals surface area (Å²) < 4.78 is 6.05. The molecule has 60 heavy (non-hydrogen) atoms. The van der Waals surface area contributed by atoms with Crippen molar-refractivity contribution in [2.75, 3.05) is 6.54 Å². The Labute approximate surface area is 369 Å². The molecule has 0 rings (SSSR count). The second kappa shape index (κ2) is 46.9. The summed E-state index contributed by atoms with van der Waals surface area (Å²) in [5, 5.41) is 12.0. The van der Waals surface area contributed by atoms with Gasteiger partial charge in [0.2, 0.25) is 5.91 Å². The van der Waals surface area contributed by atoms with E-state index in [2.05, 4.69) is 92.1 Å². The van der Waals surface area contributed by atoms with Gasteiger partial charge in [-0.25, -0.2) is 4.79 Å². The summed E-state index contributed by atoms with van der Waals surface area (Å²) in [6.07, 6.45) is 60.9.